The molecule has 32 heavy (non-hydrogen) atoms. The molecule has 7 heteroatoms. The van der Waals surface area contributed by atoms with Gasteiger partial charge in [-0.2, -0.15) is 0 Å². The minimum Gasteiger partial charge on any atom is -0.439 e. The first-order valence-electron chi connectivity index (χ1n) is 10.5. The Hall–Kier alpha value is -4.00. The number of rotatable bonds is 8. The summed E-state index contributed by atoms with van der Waals surface area (Å²) in [5.74, 6) is 1.74. The number of ether oxygens (including phenoxy) is 1. The topological polar surface area (TPSA) is 81.9 Å². The van der Waals surface area contributed by atoms with Crippen LogP contribution in [0.3, 0.4) is 0 Å². The standard InChI is InChI=1S/C25H25N5O2/c1-18-19(2)30(17-28-18)23-15-25(27-16-26-23)32-22-13-11-21(12-14-22)29-24(31)10-6-9-20-7-4-3-5-8-20/h3-5,7-8,11-17H,6,9-10H2,1-2H3,(H,29,31). The van der Waals surface area contributed by atoms with Crippen molar-refractivity contribution in [3.05, 3.63) is 90.3 Å². The minimum absolute atomic E-state index is 0.000960. The number of anilines is 1. The molecule has 2 aromatic heterocycles. The lowest BCUT2D eigenvalue weighted by atomic mass is 10.1. The summed E-state index contributed by atoms with van der Waals surface area (Å²) in [5.41, 5.74) is 3.94. The zero-order valence-corrected chi connectivity index (χ0v) is 18.2. The highest BCUT2D eigenvalue weighted by Crippen LogP contribution is 2.23. The third-order valence-corrected chi connectivity index (χ3v) is 5.20. The monoisotopic (exact) mass is 427 g/mol. The number of hydrogen-bond donors (Lipinski definition) is 1. The van der Waals surface area contributed by atoms with Crippen molar-refractivity contribution < 1.29 is 9.53 Å². The van der Waals surface area contributed by atoms with Gasteiger partial charge in [-0.1, -0.05) is 30.3 Å². The van der Waals surface area contributed by atoms with Gasteiger partial charge in [0.25, 0.3) is 0 Å². The van der Waals surface area contributed by atoms with Gasteiger partial charge in [0, 0.05) is 23.9 Å². The molecule has 0 aliphatic heterocycles. The molecule has 0 aliphatic rings. The van der Waals surface area contributed by atoms with Crippen LogP contribution in [0.1, 0.15) is 29.8 Å². The molecule has 0 aliphatic carbocycles. The van der Waals surface area contributed by atoms with Crippen molar-refractivity contribution in [3.63, 3.8) is 0 Å². The smallest absolute Gasteiger partial charge is 0.224 e. The van der Waals surface area contributed by atoms with Crippen LogP contribution >= 0.6 is 0 Å². The summed E-state index contributed by atoms with van der Waals surface area (Å²) in [5, 5.41) is 2.93. The van der Waals surface area contributed by atoms with Gasteiger partial charge in [-0.05, 0) is 56.5 Å². The van der Waals surface area contributed by atoms with Crippen LogP contribution in [0.5, 0.6) is 11.6 Å². The number of hydrogen-bond acceptors (Lipinski definition) is 5. The molecule has 1 amide bonds. The van der Waals surface area contributed by atoms with Crippen LogP contribution in [0.2, 0.25) is 0 Å². The van der Waals surface area contributed by atoms with E-state index in [0.29, 0.717) is 23.9 Å². The number of benzene rings is 2. The fourth-order valence-corrected chi connectivity index (χ4v) is 3.30. The van der Waals surface area contributed by atoms with Crippen LogP contribution in [-0.2, 0) is 11.2 Å². The first-order chi connectivity index (χ1) is 15.6. The SMILES string of the molecule is Cc1ncn(-c2cc(Oc3ccc(NC(=O)CCCc4ccccc4)cc3)ncn2)c1C. The first kappa shape index (κ1) is 21.2. The van der Waals surface area contributed by atoms with Gasteiger partial charge >= 0.3 is 0 Å². The molecule has 2 aromatic carbocycles. The highest BCUT2D eigenvalue weighted by Gasteiger charge is 2.09. The Morgan fingerprint density at radius 2 is 1.78 bits per heavy atom. The second-order valence-electron chi connectivity index (χ2n) is 7.51. The van der Waals surface area contributed by atoms with Crippen molar-refractivity contribution in [2.45, 2.75) is 33.1 Å². The second-order valence-corrected chi connectivity index (χ2v) is 7.51. The predicted octanol–water partition coefficient (Wildman–Crippen LogP) is 5.03. The number of imidazole rings is 1. The number of nitrogens with one attached hydrogen (secondary N) is 1. The predicted molar refractivity (Wildman–Crippen MR) is 123 cm³/mol. The number of aromatic nitrogens is 4. The quantitative estimate of drug-likeness (QED) is 0.426. The summed E-state index contributed by atoms with van der Waals surface area (Å²) in [7, 11) is 0. The van der Waals surface area contributed by atoms with Gasteiger partial charge in [0.15, 0.2) is 0 Å². The van der Waals surface area contributed by atoms with Gasteiger partial charge in [-0.25, -0.2) is 15.0 Å². The lowest BCUT2D eigenvalue weighted by Gasteiger charge is -2.09. The molecule has 0 fully saturated rings. The highest BCUT2D eigenvalue weighted by molar-refractivity contribution is 5.90. The van der Waals surface area contributed by atoms with E-state index in [-0.39, 0.29) is 5.91 Å². The van der Waals surface area contributed by atoms with Crippen molar-refractivity contribution in [2.75, 3.05) is 5.32 Å². The Labute approximate surface area is 187 Å². The fourth-order valence-electron chi connectivity index (χ4n) is 3.30. The Bertz CT molecular complexity index is 1190. The largest absolute Gasteiger partial charge is 0.439 e. The zero-order valence-electron chi connectivity index (χ0n) is 18.2. The Balaban J connectivity index is 1.31. The Kier molecular flexibility index (Phi) is 6.55. The molecular formula is C25H25N5O2. The van der Waals surface area contributed by atoms with Crippen molar-refractivity contribution in [3.8, 4) is 17.4 Å². The van der Waals surface area contributed by atoms with Crippen LogP contribution in [0.15, 0.2) is 73.3 Å². The molecule has 0 atom stereocenters. The average Bonchev–Trinajstić information content (AvgIpc) is 3.14. The maximum absolute atomic E-state index is 12.2. The summed E-state index contributed by atoms with van der Waals surface area (Å²) in [6.45, 7) is 3.94. The zero-order chi connectivity index (χ0) is 22.3. The van der Waals surface area contributed by atoms with E-state index in [0.717, 1.165) is 29.9 Å². The lowest BCUT2D eigenvalue weighted by molar-refractivity contribution is -0.116. The van der Waals surface area contributed by atoms with Gasteiger partial charge in [0.05, 0.1) is 5.69 Å². The molecule has 1 N–H and O–H groups in total. The van der Waals surface area contributed by atoms with Gasteiger partial charge < -0.3 is 10.1 Å². The normalized spacial score (nSPS) is 10.7. The van der Waals surface area contributed by atoms with Crippen molar-refractivity contribution in [1.29, 1.82) is 0 Å². The van der Waals surface area contributed by atoms with Crippen LogP contribution in [0, 0.1) is 13.8 Å². The molecule has 0 unspecified atom stereocenters. The van der Waals surface area contributed by atoms with Crippen molar-refractivity contribution >= 4 is 11.6 Å². The van der Waals surface area contributed by atoms with E-state index in [9.17, 15) is 4.79 Å². The summed E-state index contributed by atoms with van der Waals surface area (Å²) >= 11 is 0. The third-order valence-electron chi connectivity index (χ3n) is 5.20. The Morgan fingerprint density at radius 3 is 2.50 bits per heavy atom. The third kappa shape index (κ3) is 5.37. The average molecular weight is 428 g/mol. The van der Waals surface area contributed by atoms with Crippen LogP contribution < -0.4 is 10.1 Å². The number of carbonyl (C=O) groups is 1. The second kappa shape index (κ2) is 9.87. The van der Waals surface area contributed by atoms with Crippen LogP contribution in [0.4, 0.5) is 5.69 Å². The van der Waals surface area contributed by atoms with Crippen LogP contribution in [-0.4, -0.2) is 25.4 Å². The van der Waals surface area contributed by atoms with E-state index in [2.05, 4.69) is 32.4 Å². The molecule has 0 spiro atoms. The molecule has 0 saturated carbocycles. The van der Waals surface area contributed by atoms with E-state index in [1.165, 1.54) is 11.9 Å². The molecule has 0 radical (unpaired) electrons. The van der Waals surface area contributed by atoms with Crippen molar-refractivity contribution in [2.24, 2.45) is 0 Å². The van der Waals surface area contributed by atoms with Gasteiger partial charge in [0.1, 0.15) is 24.2 Å². The fraction of sp³-hybridized carbons (Fsp3) is 0.200. The maximum atomic E-state index is 12.2. The van der Waals surface area contributed by atoms with Gasteiger partial charge in [0.2, 0.25) is 11.8 Å². The molecule has 0 saturated heterocycles. The molecule has 7 nitrogen and oxygen atoms in total. The van der Waals surface area contributed by atoms with E-state index in [4.69, 9.17) is 4.74 Å². The number of aryl methyl sites for hydroxylation is 2. The van der Waals surface area contributed by atoms with Crippen LogP contribution in [0.25, 0.3) is 5.82 Å². The molecule has 4 aromatic rings. The van der Waals surface area contributed by atoms with Gasteiger partial charge in [-0.3, -0.25) is 9.36 Å². The van der Waals surface area contributed by atoms with Crippen molar-refractivity contribution in [1.82, 2.24) is 19.5 Å². The Morgan fingerprint density at radius 1 is 1.00 bits per heavy atom. The van der Waals surface area contributed by atoms with E-state index >= 15 is 0 Å². The molecule has 2 heterocycles. The number of carbonyl (C=O) groups excluding carboxylic acids is 1. The van der Waals surface area contributed by atoms with E-state index < -0.39 is 0 Å². The van der Waals surface area contributed by atoms with E-state index in [1.807, 2.05) is 48.7 Å². The molecule has 162 valence electrons. The van der Waals surface area contributed by atoms with Gasteiger partial charge in [-0.15, -0.1) is 0 Å². The lowest BCUT2D eigenvalue weighted by Crippen LogP contribution is -2.11. The van der Waals surface area contributed by atoms with E-state index in [1.54, 1.807) is 24.5 Å². The number of amides is 1. The minimum atomic E-state index is 0.000960. The molecule has 4 rings (SSSR count). The summed E-state index contributed by atoms with van der Waals surface area (Å²) < 4.78 is 7.75. The highest BCUT2D eigenvalue weighted by atomic mass is 16.5. The summed E-state index contributed by atoms with van der Waals surface area (Å²) in [6.07, 6.45) is 5.37. The summed E-state index contributed by atoms with van der Waals surface area (Å²) in [6, 6.07) is 19.2. The number of nitrogens with zero attached hydrogens (tertiary/aromatic N) is 4. The molecular weight excluding hydrogens is 402 g/mol. The first-order valence-corrected chi connectivity index (χ1v) is 10.5. The summed E-state index contributed by atoms with van der Waals surface area (Å²) in [4.78, 5) is 25.0. The molecule has 0 bridgehead atoms. The maximum Gasteiger partial charge on any atom is 0.224 e.